The molecule has 1 aliphatic carbocycles. The van der Waals surface area contributed by atoms with Crippen molar-refractivity contribution in [1.82, 2.24) is 10.2 Å². The molecule has 0 spiro atoms. The maximum Gasteiger partial charge on any atom is 0.237 e. The summed E-state index contributed by atoms with van der Waals surface area (Å²) in [7, 11) is 0. The molecule has 1 saturated carbocycles. The average molecular weight is 225 g/mol. The van der Waals surface area contributed by atoms with Crippen molar-refractivity contribution < 1.29 is 4.79 Å². The van der Waals surface area contributed by atoms with Crippen LogP contribution in [0.4, 0.5) is 0 Å². The van der Waals surface area contributed by atoms with Crippen molar-refractivity contribution in [3.8, 4) is 0 Å². The van der Waals surface area contributed by atoms with Gasteiger partial charge in [0, 0.05) is 19.1 Å². The van der Waals surface area contributed by atoms with Gasteiger partial charge in [-0.3, -0.25) is 9.69 Å². The topological polar surface area (TPSA) is 58.4 Å². The number of carbonyl (C=O) groups excluding carboxylic acids is 1. The van der Waals surface area contributed by atoms with Crippen LogP contribution < -0.4 is 11.1 Å². The van der Waals surface area contributed by atoms with Gasteiger partial charge in [0.05, 0.1) is 6.04 Å². The lowest BCUT2D eigenvalue weighted by atomic mass is 9.82. The SMILES string of the molecule is CC1C(=O)NCCN1C1CCCCC1CN. The number of nitrogens with two attached hydrogens (primary N) is 1. The molecule has 1 heterocycles. The van der Waals surface area contributed by atoms with Crippen molar-refractivity contribution >= 4 is 5.91 Å². The summed E-state index contributed by atoms with van der Waals surface area (Å²) in [5, 5.41) is 2.92. The lowest BCUT2D eigenvalue weighted by molar-refractivity contribution is -0.130. The summed E-state index contributed by atoms with van der Waals surface area (Å²) in [4.78, 5) is 14.0. The third-order valence-corrected chi connectivity index (χ3v) is 4.14. The van der Waals surface area contributed by atoms with Crippen LogP contribution >= 0.6 is 0 Å². The third-order valence-electron chi connectivity index (χ3n) is 4.14. The highest BCUT2D eigenvalue weighted by Gasteiger charge is 2.35. The van der Waals surface area contributed by atoms with Crippen LogP contribution in [0.1, 0.15) is 32.6 Å². The molecule has 2 fully saturated rings. The van der Waals surface area contributed by atoms with E-state index in [0.29, 0.717) is 12.0 Å². The summed E-state index contributed by atoms with van der Waals surface area (Å²) in [6.45, 7) is 4.54. The van der Waals surface area contributed by atoms with E-state index in [1.165, 1.54) is 25.7 Å². The Morgan fingerprint density at radius 1 is 1.44 bits per heavy atom. The molecular formula is C12H23N3O. The lowest BCUT2D eigenvalue weighted by Crippen LogP contribution is -2.59. The first-order valence-electron chi connectivity index (χ1n) is 6.47. The number of amides is 1. The number of carbonyl (C=O) groups is 1. The van der Waals surface area contributed by atoms with Gasteiger partial charge in [-0.25, -0.2) is 0 Å². The van der Waals surface area contributed by atoms with E-state index in [0.717, 1.165) is 19.6 Å². The highest BCUT2D eigenvalue weighted by atomic mass is 16.2. The second-order valence-corrected chi connectivity index (χ2v) is 5.05. The fraction of sp³-hybridized carbons (Fsp3) is 0.917. The summed E-state index contributed by atoms with van der Waals surface area (Å²) in [5.41, 5.74) is 5.85. The van der Waals surface area contributed by atoms with Crippen LogP contribution in [0.3, 0.4) is 0 Å². The molecule has 4 nitrogen and oxygen atoms in total. The number of hydrogen-bond acceptors (Lipinski definition) is 3. The summed E-state index contributed by atoms with van der Waals surface area (Å²) >= 11 is 0. The monoisotopic (exact) mass is 225 g/mol. The van der Waals surface area contributed by atoms with Crippen molar-refractivity contribution in [3.63, 3.8) is 0 Å². The van der Waals surface area contributed by atoms with Crippen LogP contribution in [0.25, 0.3) is 0 Å². The van der Waals surface area contributed by atoms with E-state index in [1.54, 1.807) is 0 Å². The smallest absolute Gasteiger partial charge is 0.237 e. The normalized spacial score (nSPS) is 37.1. The Bertz CT molecular complexity index is 257. The Labute approximate surface area is 97.6 Å². The fourth-order valence-electron chi connectivity index (χ4n) is 3.15. The predicted molar refractivity (Wildman–Crippen MR) is 64.0 cm³/mol. The van der Waals surface area contributed by atoms with Gasteiger partial charge < -0.3 is 11.1 Å². The van der Waals surface area contributed by atoms with Gasteiger partial charge in [0.2, 0.25) is 5.91 Å². The van der Waals surface area contributed by atoms with Crippen molar-refractivity contribution in [2.24, 2.45) is 11.7 Å². The molecule has 1 saturated heterocycles. The predicted octanol–water partition coefficient (Wildman–Crippen LogP) is 0.324. The van der Waals surface area contributed by atoms with E-state index in [1.807, 2.05) is 6.92 Å². The summed E-state index contributed by atoms with van der Waals surface area (Å²) in [6.07, 6.45) is 5.02. The average Bonchev–Trinajstić information content (AvgIpc) is 2.33. The molecule has 0 aromatic carbocycles. The zero-order valence-electron chi connectivity index (χ0n) is 10.1. The van der Waals surface area contributed by atoms with E-state index >= 15 is 0 Å². The van der Waals surface area contributed by atoms with Gasteiger partial charge in [-0.15, -0.1) is 0 Å². The minimum absolute atomic E-state index is 0.0194. The second-order valence-electron chi connectivity index (χ2n) is 5.05. The number of nitrogens with one attached hydrogen (secondary N) is 1. The number of rotatable bonds is 2. The Balaban J connectivity index is 2.05. The van der Waals surface area contributed by atoms with Crippen LogP contribution in [-0.4, -0.2) is 42.5 Å². The quantitative estimate of drug-likeness (QED) is 0.712. The molecule has 16 heavy (non-hydrogen) atoms. The molecule has 2 aliphatic rings. The maximum absolute atomic E-state index is 11.7. The maximum atomic E-state index is 11.7. The van der Waals surface area contributed by atoms with Crippen LogP contribution in [0, 0.1) is 5.92 Å². The molecule has 4 heteroatoms. The Hall–Kier alpha value is -0.610. The summed E-state index contributed by atoms with van der Waals surface area (Å²) in [6, 6.07) is 0.547. The van der Waals surface area contributed by atoms with Crippen LogP contribution in [0.15, 0.2) is 0 Å². The molecule has 0 bridgehead atoms. The molecule has 92 valence electrons. The molecule has 0 radical (unpaired) electrons. The first kappa shape index (κ1) is 11.9. The standard InChI is InChI=1S/C12H23N3O/c1-9-12(16)14-6-7-15(9)11-5-3-2-4-10(11)8-13/h9-11H,2-8,13H2,1H3,(H,14,16). The van der Waals surface area contributed by atoms with Crippen LogP contribution in [0.5, 0.6) is 0 Å². The lowest BCUT2D eigenvalue weighted by Gasteiger charge is -2.44. The molecule has 3 N–H and O–H groups in total. The second kappa shape index (κ2) is 5.15. The van der Waals surface area contributed by atoms with Crippen molar-refractivity contribution in [2.75, 3.05) is 19.6 Å². The van der Waals surface area contributed by atoms with Gasteiger partial charge >= 0.3 is 0 Å². The third kappa shape index (κ3) is 2.23. The first-order valence-corrected chi connectivity index (χ1v) is 6.47. The molecule has 2 rings (SSSR count). The van der Waals surface area contributed by atoms with Crippen molar-refractivity contribution in [1.29, 1.82) is 0 Å². The van der Waals surface area contributed by atoms with Gasteiger partial charge in [-0.2, -0.15) is 0 Å². The van der Waals surface area contributed by atoms with Gasteiger partial charge in [0.1, 0.15) is 0 Å². The van der Waals surface area contributed by atoms with Gasteiger partial charge in [-0.1, -0.05) is 12.8 Å². The summed E-state index contributed by atoms with van der Waals surface area (Å²) < 4.78 is 0. The number of piperazine rings is 1. The highest BCUT2D eigenvalue weighted by molar-refractivity contribution is 5.82. The zero-order valence-corrected chi connectivity index (χ0v) is 10.1. The highest BCUT2D eigenvalue weighted by Crippen LogP contribution is 2.29. The first-order chi connectivity index (χ1) is 7.74. The molecule has 0 aromatic heterocycles. The minimum atomic E-state index is 0.0194. The summed E-state index contributed by atoms with van der Waals surface area (Å²) in [5.74, 6) is 0.759. The zero-order chi connectivity index (χ0) is 11.5. The van der Waals surface area contributed by atoms with Crippen molar-refractivity contribution in [3.05, 3.63) is 0 Å². The number of nitrogens with zero attached hydrogens (tertiary/aromatic N) is 1. The Morgan fingerprint density at radius 3 is 2.94 bits per heavy atom. The van der Waals surface area contributed by atoms with E-state index < -0.39 is 0 Å². The van der Waals surface area contributed by atoms with Gasteiger partial charge in [-0.05, 0) is 32.2 Å². The van der Waals surface area contributed by atoms with E-state index in [2.05, 4.69) is 10.2 Å². The Kier molecular flexibility index (Phi) is 3.82. The van der Waals surface area contributed by atoms with Crippen LogP contribution in [0.2, 0.25) is 0 Å². The molecule has 0 aromatic rings. The number of hydrogen-bond donors (Lipinski definition) is 2. The molecule has 3 atom stereocenters. The van der Waals surface area contributed by atoms with Crippen LogP contribution in [-0.2, 0) is 4.79 Å². The van der Waals surface area contributed by atoms with Gasteiger partial charge in [0.15, 0.2) is 0 Å². The van der Waals surface area contributed by atoms with E-state index in [4.69, 9.17) is 5.73 Å². The van der Waals surface area contributed by atoms with E-state index in [9.17, 15) is 4.79 Å². The van der Waals surface area contributed by atoms with Crippen molar-refractivity contribution in [2.45, 2.75) is 44.7 Å². The fourth-order valence-corrected chi connectivity index (χ4v) is 3.15. The Morgan fingerprint density at radius 2 is 2.19 bits per heavy atom. The van der Waals surface area contributed by atoms with Gasteiger partial charge in [0.25, 0.3) is 0 Å². The molecular weight excluding hydrogens is 202 g/mol. The molecule has 1 amide bonds. The minimum Gasteiger partial charge on any atom is -0.353 e. The molecule has 3 unspecified atom stereocenters. The van der Waals surface area contributed by atoms with E-state index in [-0.39, 0.29) is 11.9 Å². The largest absolute Gasteiger partial charge is 0.353 e. The molecule has 1 aliphatic heterocycles.